The fraction of sp³-hybridized carbons (Fsp3) is 0.0606. The van der Waals surface area contributed by atoms with Crippen LogP contribution in [-0.4, -0.2) is 4.98 Å². The number of rotatable bonds is 2. The molecule has 196 valence electrons. The predicted molar refractivity (Wildman–Crippen MR) is 147 cm³/mol. The maximum atomic E-state index is 15.3. The van der Waals surface area contributed by atoms with E-state index in [-0.39, 0.29) is 21.9 Å². The van der Waals surface area contributed by atoms with Crippen molar-refractivity contribution in [2.24, 2.45) is 0 Å². The molecule has 0 aliphatic heterocycles. The summed E-state index contributed by atoms with van der Waals surface area (Å²) in [7, 11) is 0. The van der Waals surface area contributed by atoms with Crippen molar-refractivity contribution in [1.82, 2.24) is 4.98 Å². The van der Waals surface area contributed by atoms with E-state index in [2.05, 4.69) is 4.98 Å². The van der Waals surface area contributed by atoms with Crippen LogP contribution in [0.25, 0.3) is 65.9 Å². The Balaban J connectivity index is 1.56. The Morgan fingerprint density at radius 2 is 1.50 bits per heavy atom. The van der Waals surface area contributed by atoms with Crippen molar-refractivity contribution in [3.05, 3.63) is 114 Å². The predicted octanol–water partition coefficient (Wildman–Crippen LogP) is 10.2. The van der Waals surface area contributed by atoms with Crippen LogP contribution in [0.1, 0.15) is 11.1 Å². The van der Waals surface area contributed by atoms with Crippen molar-refractivity contribution < 1.29 is 26.4 Å². The van der Waals surface area contributed by atoms with Gasteiger partial charge in [0.05, 0.1) is 11.3 Å². The molecule has 7 aromatic rings. The summed E-state index contributed by atoms with van der Waals surface area (Å²) in [6.45, 7) is 1.85. The monoisotopic (exact) mass is 539 g/mol. The van der Waals surface area contributed by atoms with Crippen LogP contribution in [0.15, 0.2) is 95.5 Å². The van der Waals surface area contributed by atoms with Crippen molar-refractivity contribution in [3.63, 3.8) is 0 Å². The van der Waals surface area contributed by atoms with Gasteiger partial charge in [0, 0.05) is 38.9 Å². The molecule has 0 radical (unpaired) electrons. The summed E-state index contributed by atoms with van der Waals surface area (Å²) in [5.41, 5.74) is 2.55. The Bertz CT molecular complexity index is 2130. The van der Waals surface area contributed by atoms with E-state index >= 15 is 4.39 Å². The number of hydrogen-bond acceptors (Lipinski definition) is 2. The van der Waals surface area contributed by atoms with E-state index < -0.39 is 23.4 Å². The average Bonchev–Trinajstić information content (AvgIpc) is 3.28. The Morgan fingerprint density at radius 1 is 0.725 bits per heavy atom. The number of furan rings is 1. The first-order chi connectivity index (χ1) is 19.2. The van der Waals surface area contributed by atoms with Crippen molar-refractivity contribution in [3.8, 4) is 22.4 Å². The standard InChI is InChI=1S/C33H18F5NO/c1-17-11-25-24-14-28(35)23(18-5-3-2-4-6-18)15-29(24)40-32(25)26(12-17)31-22-9-7-19-13-20(34)8-10-21(19)30(22)27(16-39-31)33(36,37)38/h2-16H,1H3. The summed E-state index contributed by atoms with van der Waals surface area (Å²) in [6, 6.07) is 22.6. The third-order valence-corrected chi connectivity index (χ3v) is 7.28. The molecule has 0 unspecified atom stereocenters. The highest BCUT2D eigenvalue weighted by molar-refractivity contribution is 6.16. The van der Waals surface area contributed by atoms with Gasteiger partial charge >= 0.3 is 6.18 Å². The lowest BCUT2D eigenvalue weighted by Gasteiger charge is -2.16. The second kappa shape index (κ2) is 8.61. The lowest BCUT2D eigenvalue weighted by atomic mass is 9.94. The second-order valence-electron chi connectivity index (χ2n) is 9.86. The Hall–Kier alpha value is -4.78. The second-order valence-corrected chi connectivity index (χ2v) is 9.86. The van der Waals surface area contributed by atoms with Gasteiger partial charge in [0.1, 0.15) is 22.8 Å². The summed E-state index contributed by atoms with van der Waals surface area (Å²) in [5.74, 6) is -0.958. The molecule has 0 aliphatic carbocycles. The Morgan fingerprint density at radius 3 is 2.27 bits per heavy atom. The molecule has 0 bridgehead atoms. The molecule has 2 heterocycles. The molecule has 0 N–H and O–H groups in total. The fourth-order valence-corrected chi connectivity index (χ4v) is 5.54. The van der Waals surface area contributed by atoms with Crippen LogP contribution in [0, 0.1) is 18.6 Å². The maximum absolute atomic E-state index is 15.3. The maximum Gasteiger partial charge on any atom is 0.418 e. The molecule has 0 saturated heterocycles. The summed E-state index contributed by atoms with van der Waals surface area (Å²) in [4.78, 5) is 4.28. The van der Waals surface area contributed by atoms with Gasteiger partial charge in [-0.1, -0.05) is 48.5 Å². The number of pyridine rings is 1. The number of nitrogens with zero attached hydrogens (tertiary/aromatic N) is 1. The van der Waals surface area contributed by atoms with Crippen molar-refractivity contribution in [1.29, 1.82) is 0 Å². The normalized spacial score (nSPS) is 12.2. The first kappa shape index (κ1) is 24.3. The minimum atomic E-state index is -4.68. The van der Waals surface area contributed by atoms with Gasteiger partial charge in [0.25, 0.3) is 0 Å². The smallest absolute Gasteiger partial charge is 0.418 e. The van der Waals surface area contributed by atoms with E-state index in [0.717, 1.165) is 17.8 Å². The summed E-state index contributed by atoms with van der Waals surface area (Å²) < 4.78 is 78.0. The molecule has 5 aromatic carbocycles. The van der Waals surface area contributed by atoms with Crippen LogP contribution in [0.5, 0.6) is 0 Å². The molecule has 0 saturated carbocycles. The van der Waals surface area contributed by atoms with Crippen molar-refractivity contribution in [2.45, 2.75) is 13.1 Å². The minimum absolute atomic E-state index is 0.0711. The van der Waals surface area contributed by atoms with Crippen LogP contribution in [0.4, 0.5) is 22.0 Å². The summed E-state index contributed by atoms with van der Waals surface area (Å²) >= 11 is 0. The zero-order valence-corrected chi connectivity index (χ0v) is 20.9. The molecule has 0 aliphatic rings. The highest BCUT2D eigenvalue weighted by Crippen LogP contribution is 2.44. The first-order valence-electron chi connectivity index (χ1n) is 12.5. The van der Waals surface area contributed by atoms with Crippen LogP contribution in [0.2, 0.25) is 0 Å². The topological polar surface area (TPSA) is 26.0 Å². The third-order valence-electron chi connectivity index (χ3n) is 7.28. The number of hydrogen-bond donors (Lipinski definition) is 0. The zero-order chi connectivity index (χ0) is 27.8. The van der Waals surface area contributed by atoms with Crippen LogP contribution < -0.4 is 0 Å². The van der Waals surface area contributed by atoms with Gasteiger partial charge in [-0.25, -0.2) is 8.78 Å². The summed E-state index contributed by atoms with van der Waals surface area (Å²) in [6.07, 6.45) is -3.87. The largest absolute Gasteiger partial charge is 0.455 e. The number of aryl methyl sites for hydroxylation is 1. The van der Waals surface area contributed by atoms with E-state index in [1.807, 2.05) is 31.2 Å². The van der Waals surface area contributed by atoms with E-state index in [4.69, 9.17) is 4.42 Å². The highest BCUT2D eigenvalue weighted by Gasteiger charge is 2.34. The van der Waals surface area contributed by atoms with E-state index in [1.165, 1.54) is 24.3 Å². The van der Waals surface area contributed by atoms with Crippen LogP contribution in [0.3, 0.4) is 0 Å². The van der Waals surface area contributed by atoms with Gasteiger partial charge in [-0.05, 0) is 65.2 Å². The Kier molecular flexibility index (Phi) is 5.23. The summed E-state index contributed by atoms with van der Waals surface area (Å²) in [5, 5.41) is 1.96. The molecule has 40 heavy (non-hydrogen) atoms. The van der Waals surface area contributed by atoms with Crippen LogP contribution >= 0.6 is 0 Å². The average molecular weight is 540 g/mol. The van der Waals surface area contributed by atoms with Crippen molar-refractivity contribution >= 4 is 43.5 Å². The number of halogens is 5. The molecular weight excluding hydrogens is 521 g/mol. The molecule has 2 aromatic heterocycles. The molecule has 2 nitrogen and oxygen atoms in total. The van der Waals surface area contributed by atoms with E-state index in [1.54, 1.807) is 30.3 Å². The van der Waals surface area contributed by atoms with Gasteiger partial charge in [0.2, 0.25) is 0 Å². The van der Waals surface area contributed by atoms with Gasteiger partial charge in [-0.2, -0.15) is 13.2 Å². The van der Waals surface area contributed by atoms with Gasteiger partial charge in [0.15, 0.2) is 0 Å². The number of fused-ring (bicyclic) bond motifs is 6. The number of alkyl halides is 3. The van der Waals surface area contributed by atoms with E-state index in [0.29, 0.717) is 44.0 Å². The SMILES string of the molecule is Cc1cc(-c2ncc(C(F)(F)F)c3c2ccc2cc(F)ccc23)c2oc3cc(-c4ccccc4)c(F)cc3c2c1. The lowest BCUT2D eigenvalue weighted by molar-refractivity contribution is -0.136. The molecule has 7 heteroatoms. The van der Waals surface area contributed by atoms with Crippen molar-refractivity contribution in [2.75, 3.05) is 0 Å². The molecule has 0 atom stereocenters. The molecule has 0 spiro atoms. The van der Waals surface area contributed by atoms with Gasteiger partial charge in [-0.3, -0.25) is 4.98 Å². The van der Waals surface area contributed by atoms with E-state index in [9.17, 15) is 17.6 Å². The lowest BCUT2D eigenvalue weighted by Crippen LogP contribution is -2.07. The van der Waals surface area contributed by atoms with Crippen LogP contribution in [-0.2, 0) is 6.18 Å². The van der Waals surface area contributed by atoms with Gasteiger partial charge in [-0.15, -0.1) is 0 Å². The third kappa shape index (κ3) is 3.72. The minimum Gasteiger partial charge on any atom is -0.455 e. The Labute approximate surface area is 224 Å². The quantitative estimate of drug-likeness (QED) is 0.161. The molecule has 0 amide bonds. The number of aromatic nitrogens is 1. The zero-order valence-electron chi connectivity index (χ0n) is 20.9. The van der Waals surface area contributed by atoms with Gasteiger partial charge < -0.3 is 4.42 Å². The molecule has 0 fully saturated rings. The molecular formula is C33H18F5NO. The number of benzene rings is 5. The fourth-order valence-electron chi connectivity index (χ4n) is 5.54. The first-order valence-corrected chi connectivity index (χ1v) is 12.5. The highest BCUT2D eigenvalue weighted by atomic mass is 19.4. The molecule has 7 rings (SSSR count).